The molecular weight excluding hydrogens is 272 g/mol. The van der Waals surface area contributed by atoms with E-state index >= 15 is 0 Å². The van der Waals surface area contributed by atoms with Crippen molar-refractivity contribution in [2.24, 2.45) is 5.92 Å². The van der Waals surface area contributed by atoms with Gasteiger partial charge in [0.15, 0.2) is 0 Å². The third-order valence-electron chi connectivity index (χ3n) is 4.21. The molecule has 0 fully saturated rings. The summed E-state index contributed by atoms with van der Waals surface area (Å²) >= 11 is 1.66. The van der Waals surface area contributed by atoms with Gasteiger partial charge in [0.2, 0.25) is 0 Å². The lowest BCUT2D eigenvalue weighted by atomic mass is 9.97. The van der Waals surface area contributed by atoms with Crippen LogP contribution in [-0.4, -0.2) is 21.3 Å². The molecule has 0 aliphatic heterocycles. The molecule has 0 amide bonds. The fourth-order valence-corrected chi connectivity index (χ4v) is 4.23. The van der Waals surface area contributed by atoms with Crippen molar-refractivity contribution in [1.29, 1.82) is 0 Å². The van der Waals surface area contributed by atoms with Crippen molar-refractivity contribution < 1.29 is 5.11 Å². The lowest BCUT2D eigenvalue weighted by molar-refractivity contribution is 0.189. The highest BCUT2D eigenvalue weighted by molar-refractivity contribution is 7.18. The summed E-state index contributed by atoms with van der Waals surface area (Å²) in [5, 5.41) is 10.3. The summed E-state index contributed by atoms with van der Waals surface area (Å²) in [4.78, 5) is 19.4. The van der Waals surface area contributed by atoms with Gasteiger partial charge in [-0.3, -0.25) is 9.36 Å². The summed E-state index contributed by atoms with van der Waals surface area (Å²) in [5.74, 6) is 0.200. The van der Waals surface area contributed by atoms with Crippen LogP contribution in [0.15, 0.2) is 11.1 Å². The number of aliphatic hydroxyl groups excluding tert-OH is 1. The summed E-state index contributed by atoms with van der Waals surface area (Å²) in [6.45, 7) is 4.00. The molecule has 1 aliphatic carbocycles. The van der Waals surface area contributed by atoms with Crippen molar-refractivity contribution in [3.8, 4) is 0 Å². The lowest BCUT2D eigenvalue weighted by Gasteiger charge is -2.20. The third-order valence-corrected chi connectivity index (χ3v) is 5.41. The number of aliphatic hydroxyl groups is 1. The van der Waals surface area contributed by atoms with Gasteiger partial charge in [0.1, 0.15) is 4.83 Å². The average molecular weight is 292 g/mol. The van der Waals surface area contributed by atoms with E-state index in [9.17, 15) is 9.90 Å². The minimum Gasteiger partial charge on any atom is -0.394 e. The van der Waals surface area contributed by atoms with Crippen molar-refractivity contribution in [2.75, 3.05) is 6.61 Å². The second kappa shape index (κ2) is 5.30. The van der Waals surface area contributed by atoms with E-state index in [2.05, 4.69) is 4.98 Å². The molecule has 1 N–H and O–H groups in total. The molecule has 5 heteroatoms. The Hall–Kier alpha value is -1.20. The first-order valence-corrected chi connectivity index (χ1v) is 8.07. The molecule has 0 bridgehead atoms. The van der Waals surface area contributed by atoms with Crippen LogP contribution in [0.1, 0.15) is 43.2 Å². The van der Waals surface area contributed by atoms with Gasteiger partial charge >= 0.3 is 0 Å². The van der Waals surface area contributed by atoms with E-state index < -0.39 is 0 Å². The number of hydrogen-bond donors (Lipinski definition) is 1. The molecule has 2 aromatic heterocycles. The maximum Gasteiger partial charge on any atom is 0.262 e. The second-order valence-corrected chi connectivity index (χ2v) is 6.93. The summed E-state index contributed by atoms with van der Waals surface area (Å²) in [6.07, 6.45) is 6.03. The Morgan fingerprint density at radius 3 is 2.85 bits per heavy atom. The van der Waals surface area contributed by atoms with Gasteiger partial charge in [-0.1, -0.05) is 13.8 Å². The van der Waals surface area contributed by atoms with Crippen LogP contribution < -0.4 is 5.56 Å². The van der Waals surface area contributed by atoms with E-state index in [1.165, 1.54) is 16.9 Å². The van der Waals surface area contributed by atoms with Crippen molar-refractivity contribution in [1.82, 2.24) is 9.55 Å². The summed E-state index contributed by atoms with van der Waals surface area (Å²) in [7, 11) is 0. The van der Waals surface area contributed by atoms with E-state index in [0.717, 1.165) is 29.5 Å². The zero-order chi connectivity index (χ0) is 14.3. The average Bonchev–Trinajstić information content (AvgIpc) is 2.81. The van der Waals surface area contributed by atoms with E-state index in [4.69, 9.17) is 0 Å². The van der Waals surface area contributed by atoms with Crippen molar-refractivity contribution in [3.05, 3.63) is 27.1 Å². The quantitative estimate of drug-likeness (QED) is 0.945. The van der Waals surface area contributed by atoms with Gasteiger partial charge in [-0.05, 0) is 37.2 Å². The van der Waals surface area contributed by atoms with Crippen LogP contribution in [0.4, 0.5) is 0 Å². The largest absolute Gasteiger partial charge is 0.394 e. The number of nitrogens with zero attached hydrogens (tertiary/aromatic N) is 2. The zero-order valence-electron chi connectivity index (χ0n) is 11.9. The van der Waals surface area contributed by atoms with Gasteiger partial charge in [0.05, 0.1) is 24.4 Å². The van der Waals surface area contributed by atoms with E-state index in [1.54, 1.807) is 22.2 Å². The Bertz CT molecular complexity index is 687. The highest BCUT2D eigenvalue weighted by atomic mass is 32.1. The first kappa shape index (κ1) is 13.8. The first-order valence-electron chi connectivity index (χ1n) is 7.25. The van der Waals surface area contributed by atoms with Crippen LogP contribution in [0, 0.1) is 5.92 Å². The van der Waals surface area contributed by atoms with Crippen molar-refractivity contribution in [3.63, 3.8) is 0 Å². The van der Waals surface area contributed by atoms with Crippen LogP contribution in [-0.2, 0) is 12.8 Å². The predicted molar refractivity (Wildman–Crippen MR) is 81.5 cm³/mol. The topological polar surface area (TPSA) is 55.1 Å². The highest BCUT2D eigenvalue weighted by Gasteiger charge is 2.23. The van der Waals surface area contributed by atoms with E-state index in [-0.39, 0.29) is 24.1 Å². The van der Waals surface area contributed by atoms with Gasteiger partial charge in [-0.2, -0.15) is 0 Å². The zero-order valence-corrected chi connectivity index (χ0v) is 12.7. The maximum absolute atomic E-state index is 12.8. The van der Waals surface area contributed by atoms with Crippen LogP contribution in [0.3, 0.4) is 0 Å². The number of thiophene rings is 1. The number of aromatic nitrogens is 2. The molecule has 4 nitrogen and oxygen atoms in total. The fraction of sp³-hybridized carbons (Fsp3) is 0.600. The normalized spacial score (nSPS) is 16.6. The van der Waals surface area contributed by atoms with Crippen molar-refractivity contribution >= 4 is 21.6 Å². The molecular formula is C15H20N2O2S. The van der Waals surface area contributed by atoms with Gasteiger partial charge in [-0.15, -0.1) is 11.3 Å². The minimum absolute atomic E-state index is 0.0159. The molecule has 0 radical (unpaired) electrons. The van der Waals surface area contributed by atoms with Gasteiger partial charge in [0.25, 0.3) is 5.56 Å². The third kappa shape index (κ3) is 2.09. The van der Waals surface area contributed by atoms with Crippen molar-refractivity contribution in [2.45, 2.75) is 45.6 Å². The standard InChI is InChI=1S/C15H20N2O2S/c1-9(2)11(7-18)17-8-16-14-13(15(17)19)10-5-3-4-6-12(10)20-14/h8-9,11,18H,3-7H2,1-2H3/t11-/m0/s1. The monoisotopic (exact) mass is 292 g/mol. The maximum atomic E-state index is 12.8. The number of hydrogen-bond acceptors (Lipinski definition) is 4. The highest BCUT2D eigenvalue weighted by Crippen LogP contribution is 2.33. The fourth-order valence-electron chi connectivity index (χ4n) is 3.02. The van der Waals surface area contributed by atoms with Crippen LogP contribution in [0.5, 0.6) is 0 Å². The van der Waals surface area contributed by atoms with Gasteiger partial charge in [0, 0.05) is 4.88 Å². The van der Waals surface area contributed by atoms with Crippen LogP contribution in [0.2, 0.25) is 0 Å². The predicted octanol–water partition coefficient (Wildman–Crippen LogP) is 2.53. The molecule has 1 aliphatic rings. The number of aryl methyl sites for hydroxylation is 2. The Morgan fingerprint density at radius 1 is 1.40 bits per heavy atom. The molecule has 2 heterocycles. The van der Waals surface area contributed by atoms with Crippen LogP contribution >= 0.6 is 11.3 Å². The molecule has 2 aromatic rings. The molecule has 20 heavy (non-hydrogen) atoms. The van der Waals surface area contributed by atoms with Crippen LogP contribution in [0.25, 0.3) is 10.2 Å². The Kier molecular flexibility index (Phi) is 3.65. The summed E-state index contributed by atoms with van der Waals surface area (Å²) in [6, 6.07) is -0.196. The molecule has 0 unspecified atom stereocenters. The smallest absolute Gasteiger partial charge is 0.262 e. The van der Waals surface area contributed by atoms with E-state index in [1.807, 2.05) is 13.8 Å². The Balaban J connectivity index is 2.22. The molecule has 0 saturated heterocycles. The van der Waals surface area contributed by atoms with Gasteiger partial charge in [-0.25, -0.2) is 4.98 Å². The minimum atomic E-state index is -0.196. The van der Waals surface area contributed by atoms with Gasteiger partial charge < -0.3 is 5.11 Å². The number of rotatable bonds is 3. The molecule has 0 saturated carbocycles. The summed E-state index contributed by atoms with van der Waals surface area (Å²) < 4.78 is 1.62. The lowest BCUT2D eigenvalue weighted by Crippen LogP contribution is -2.30. The Labute approximate surface area is 122 Å². The Morgan fingerprint density at radius 2 is 2.15 bits per heavy atom. The molecule has 0 aromatic carbocycles. The summed E-state index contributed by atoms with van der Waals surface area (Å²) in [5.41, 5.74) is 1.23. The molecule has 3 rings (SSSR count). The first-order chi connectivity index (χ1) is 9.63. The SMILES string of the molecule is CC(C)[C@H](CO)n1cnc2sc3c(c2c1=O)CCCC3. The number of fused-ring (bicyclic) bond motifs is 3. The second-order valence-electron chi connectivity index (χ2n) is 5.84. The molecule has 1 atom stereocenters. The van der Waals surface area contributed by atoms with E-state index in [0.29, 0.717) is 0 Å². The molecule has 0 spiro atoms. The molecule has 108 valence electrons.